The predicted molar refractivity (Wildman–Crippen MR) is 69.0 cm³/mol. The molecule has 2 rings (SSSR count). The van der Waals surface area contributed by atoms with E-state index in [1.807, 2.05) is 18.7 Å². The van der Waals surface area contributed by atoms with Gasteiger partial charge >= 0.3 is 6.03 Å². The number of carbonyl (C=O) groups is 1. The second-order valence-corrected chi connectivity index (χ2v) is 5.72. The molecule has 0 unspecified atom stereocenters. The molecule has 0 aromatic heterocycles. The zero-order chi connectivity index (χ0) is 13.2. The molecule has 2 amide bonds. The van der Waals surface area contributed by atoms with Gasteiger partial charge in [-0.1, -0.05) is 0 Å². The Labute approximate surface area is 109 Å². The van der Waals surface area contributed by atoms with E-state index in [9.17, 15) is 4.79 Å². The lowest BCUT2D eigenvalue weighted by Gasteiger charge is -2.41. The number of urea groups is 1. The second kappa shape index (κ2) is 5.15. The van der Waals surface area contributed by atoms with Crippen molar-refractivity contribution in [2.24, 2.45) is 0 Å². The minimum absolute atomic E-state index is 0.0640. The lowest BCUT2D eigenvalue weighted by molar-refractivity contribution is 0.0901. The summed E-state index contributed by atoms with van der Waals surface area (Å²) in [5.41, 5.74) is -0.434. The third kappa shape index (κ3) is 2.75. The lowest BCUT2D eigenvalue weighted by Crippen LogP contribution is -2.58. The standard InChI is InChI=1S/C13H22N4O/c1-13(2,10-14)17-8-6-16(7-9-17)12(18)15-11-4-3-5-11/h11H,3-9H2,1-2H3,(H,15,18). The Morgan fingerprint density at radius 3 is 2.33 bits per heavy atom. The zero-order valence-electron chi connectivity index (χ0n) is 11.3. The minimum atomic E-state index is -0.434. The summed E-state index contributed by atoms with van der Waals surface area (Å²) < 4.78 is 0. The number of rotatable bonds is 2. The first-order chi connectivity index (χ1) is 8.53. The Bertz CT molecular complexity index is 348. The number of amides is 2. The van der Waals surface area contributed by atoms with Crippen LogP contribution < -0.4 is 5.32 Å². The van der Waals surface area contributed by atoms with Gasteiger partial charge < -0.3 is 10.2 Å². The molecular weight excluding hydrogens is 228 g/mol. The van der Waals surface area contributed by atoms with Gasteiger partial charge in [-0.2, -0.15) is 5.26 Å². The van der Waals surface area contributed by atoms with Crippen LogP contribution in [0.5, 0.6) is 0 Å². The summed E-state index contributed by atoms with van der Waals surface area (Å²) in [5.74, 6) is 0. The number of hydrogen-bond acceptors (Lipinski definition) is 3. The Kier molecular flexibility index (Phi) is 3.76. The molecule has 0 atom stereocenters. The summed E-state index contributed by atoms with van der Waals surface area (Å²) in [6.45, 7) is 6.83. The second-order valence-electron chi connectivity index (χ2n) is 5.72. The number of piperazine rings is 1. The Balaban J connectivity index is 1.79. The topological polar surface area (TPSA) is 59.4 Å². The monoisotopic (exact) mass is 250 g/mol. The molecular formula is C13H22N4O. The fraction of sp³-hybridized carbons (Fsp3) is 0.846. The molecule has 0 bridgehead atoms. The summed E-state index contributed by atoms with van der Waals surface area (Å²) in [5, 5.41) is 12.2. The van der Waals surface area contributed by atoms with Crippen LogP contribution in [0.25, 0.3) is 0 Å². The molecule has 0 spiro atoms. The highest BCUT2D eigenvalue weighted by Gasteiger charge is 2.31. The highest BCUT2D eigenvalue weighted by Crippen LogP contribution is 2.19. The molecule has 1 N–H and O–H groups in total. The maximum atomic E-state index is 12.0. The fourth-order valence-electron chi connectivity index (χ4n) is 2.36. The van der Waals surface area contributed by atoms with Crippen molar-refractivity contribution >= 4 is 6.03 Å². The van der Waals surface area contributed by atoms with Gasteiger partial charge in [-0.15, -0.1) is 0 Å². The van der Waals surface area contributed by atoms with Gasteiger partial charge in [0.1, 0.15) is 5.54 Å². The molecule has 0 radical (unpaired) electrons. The lowest BCUT2D eigenvalue weighted by atomic mass is 9.93. The predicted octanol–water partition coefficient (Wildman–Crippen LogP) is 1.17. The maximum absolute atomic E-state index is 12.0. The first-order valence-electron chi connectivity index (χ1n) is 6.75. The van der Waals surface area contributed by atoms with E-state index in [0.717, 1.165) is 25.9 Å². The van der Waals surface area contributed by atoms with Gasteiger partial charge in [0.25, 0.3) is 0 Å². The number of nitrogens with one attached hydrogen (secondary N) is 1. The van der Waals surface area contributed by atoms with E-state index in [2.05, 4.69) is 16.3 Å². The van der Waals surface area contributed by atoms with E-state index >= 15 is 0 Å². The molecule has 0 aromatic rings. The van der Waals surface area contributed by atoms with Crippen LogP contribution in [0.3, 0.4) is 0 Å². The van der Waals surface area contributed by atoms with Crippen molar-refractivity contribution in [2.75, 3.05) is 26.2 Å². The van der Waals surface area contributed by atoms with Crippen molar-refractivity contribution in [3.63, 3.8) is 0 Å². The molecule has 100 valence electrons. The Hall–Kier alpha value is -1.28. The Morgan fingerprint density at radius 1 is 1.28 bits per heavy atom. The third-order valence-corrected chi connectivity index (χ3v) is 4.06. The van der Waals surface area contributed by atoms with Crippen LogP contribution in [-0.4, -0.2) is 53.6 Å². The van der Waals surface area contributed by atoms with Crippen LogP contribution in [0, 0.1) is 11.3 Å². The summed E-state index contributed by atoms with van der Waals surface area (Å²) in [6, 6.07) is 2.77. The average Bonchev–Trinajstić information content (AvgIpc) is 2.33. The van der Waals surface area contributed by atoms with Crippen molar-refractivity contribution in [2.45, 2.75) is 44.7 Å². The van der Waals surface area contributed by atoms with Gasteiger partial charge in [-0.25, -0.2) is 4.79 Å². The molecule has 2 aliphatic rings. The smallest absolute Gasteiger partial charge is 0.317 e. The van der Waals surface area contributed by atoms with Gasteiger partial charge in [-0.3, -0.25) is 4.90 Å². The molecule has 2 fully saturated rings. The van der Waals surface area contributed by atoms with Crippen molar-refractivity contribution in [3.8, 4) is 6.07 Å². The SMILES string of the molecule is CC(C)(C#N)N1CCN(C(=O)NC2CCC2)CC1. The van der Waals surface area contributed by atoms with Crippen molar-refractivity contribution < 1.29 is 4.79 Å². The molecule has 0 aromatic carbocycles. The van der Waals surface area contributed by atoms with Crippen LogP contribution in [-0.2, 0) is 0 Å². The highest BCUT2D eigenvalue weighted by atomic mass is 16.2. The van der Waals surface area contributed by atoms with Crippen molar-refractivity contribution in [1.29, 1.82) is 5.26 Å². The highest BCUT2D eigenvalue weighted by molar-refractivity contribution is 5.74. The molecule has 5 heteroatoms. The molecule has 1 saturated heterocycles. The van der Waals surface area contributed by atoms with Crippen molar-refractivity contribution in [1.82, 2.24) is 15.1 Å². The number of nitrogens with zero attached hydrogens (tertiary/aromatic N) is 3. The van der Waals surface area contributed by atoms with Crippen LogP contribution in [0.4, 0.5) is 4.79 Å². The Morgan fingerprint density at radius 2 is 1.89 bits per heavy atom. The minimum Gasteiger partial charge on any atom is -0.335 e. The largest absolute Gasteiger partial charge is 0.335 e. The van der Waals surface area contributed by atoms with E-state index in [4.69, 9.17) is 5.26 Å². The fourth-order valence-corrected chi connectivity index (χ4v) is 2.36. The summed E-state index contributed by atoms with van der Waals surface area (Å²) in [7, 11) is 0. The average molecular weight is 250 g/mol. The molecule has 18 heavy (non-hydrogen) atoms. The van der Waals surface area contributed by atoms with E-state index in [-0.39, 0.29) is 6.03 Å². The third-order valence-electron chi connectivity index (χ3n) is 4.06. The van der Waals surface area contributed by atoms with E-state index < -0.39 is 5.54 Å². The maximum Gasteiger partial charge on any atom is 0.317 e. The summed E-state index contributed by atoms with van der Waals surface area (Å²) in [6.07, 6.45) is 3.47. The normalized spacial score (nSPS) is 22.2. The van der Waals surface area contributed by atoms with Crippen LogP contribution >= 0.6 is 0 Å². The van der Waals surface area contributed by atoms with Crippen LogP contribution in [0.2, 0.25) is 0 Å². The summed E-state index contributed by atoms with van der Waals surface area (Å²) >= 11 is 0. The molecule has 1 aliphatic heterocycles. The van der Waals surface area contributed by atoms with Crippen LogP contribution in [0.15, 0.2) is 0 Å². The first-order valence-corrected chi connectivity index (χ1v) is 6.75. The molecule has 1 heterocycles. The van der Waals surface area contributed by atoms with E-state index in [1.54, 1.807) is 0 Å². The van der Waals surface area contributed by atoms with E-state index in [1.165, 1.54) is 6.42 Å². The van der Waals surface area contributed by atoms with Gasteiger partial charge in [0.2, 0.25) is 0 Å². The molecule has 1 saturated carbocycles. The van der Waals surface area contributed by atoms with Crippen LogP contribution in [0.1, 0.15) is 33.1 Å². The van der Waals surface area contributed by atoms with Gasteiger partial charge in [0.15, 0.2) is 0 Å². The van der Waals surface area contributed by atoms with Gasteiger partial charge in [0.05, 0.1) is 6.07 Å². The van der Waals surface area contributed by atoms with Gasteiger partial charge in [-0.05, 0) is 33.1 Å². The quantitative estimate of drug-likeness (QED) is 0.800. The number of carbonyl (C=O) groups excluding carboxylic acids is 1. The summed E-state index contributed by atoms with van der Waals surface area (Å²) in [4.78, 5) is 16.0. The molecule has 5 nitrogen and oxygen atoms in total. The first kappa shape index (κ1) is 13.2. The van der Waals surface area contributed by atoms with Crippen molar-refractivity contribution in [3.05, 3.63) is 0 Å². The van der Waals surface area contributed by atoms with E-state index in [0.29, 0.717) is 19.1 Å². The van der Waals surface area contributed by atoms with Gasteiger partial charge in [0, 0.05) is 32.2 Å². The molecule has 1 aliphatic carbocycles. The number of hydrogen-bond donors (Lipinski definition) is 1. The zero-order valence-corrected chi connectivity index (χ0v) is 11.3. The number of nitriles is 1.